The Morgan fingerprint density at radius 2 is 2.15 bits per heavy atom. The van der Waals surface area contributed by atoms with Gasteiger partial charge in [0.15, 0.2) is 0 Å². The molecule has 1 saturated carbocycles. The van der Waals surface area contributed by atoms with Crippen LogP contribution in [0.5, 0.6) is 5.88 Å². The molecule has 1 aliphatic rings. The Hall–Kier alpha value is -1.56. The smallest absolute Gasteiger partial charge is 0.232 e. The highest BCUT2D eigenvalue weighted by atomic mass is 16.5. The number of aryl methyl sites for hydroxylation is 1. The van der Waals surface area contributed by atoms with Gasteiger partial charge in [0.2, 0.25) is 5.88 Å². The second-order valence-corrected chi connectivity index (χ2v) is 6.40. The molecule has 0 N–H and O–H groups in total. The summed E-state index contributed by atoms with van der Waals surface area (Å²) >= 11 is 0. The van der Waals surface area contributed by atoms with Crippen LogP contribution in [0, 0.1) is 36.0 Å². The Kier molecular flexibility index (Phi) is 4.65. The molecular formula is C17H24N2O. The molecule has 3 unspecified atom stereocenters. The molecule has 1 heterocycles. The van der Waals surface area contributed by atoms with Crippen LogP contribution in [0.25, 0.3) is 0 Å². The van der Waals surface area contributed by atoms with E-state index >= 15 is 0 Å². The van der Waals surface area contributed by atoms with Gasteiger partial charge in [-0.1, -0.05) is 27.2 Å². The van der Waals surface area contributed by atoms with E-state index in [1.807, 2.05) is 13.0 Å². The molecule has 2 rings (SSSR count). The highest BCUT2D eigenvalue weighted by Gasteiger charge is 2.33. The fourth-order valence-corrected chi connectivity index (χ4v) is 3.15. The van der Waals surface area contributed by atoms with Crippen LogP contribution < -0.4 is 4.74 Å². The van der Waals surface area contributed by atoms with Crippen LogP contribution in [-0.2, 0) is 0 Å². The number of ether oxygens (including phenoxy) is 1. The molecule has 3 nitrogen and oxygen atoms in total. The minimum Gasteiger partial charge on any atom is -0.473 e. The van der Waals surface area contributed by atoms with Gasteiger partial charge in [-0.2, -0.15) is 5.26 Å². The number of nitriles is 1. The van der Waals surface area contributed by atoms with Gasteiger partial charge in [0, 0.05) is 6.20 Å². The Balaban J connectivity index is 2.23. The van der Waals surface area contributed by atoms with Crippen molar-refractivity contribution in [3.63, 3.8) is 0 Å². The van der Waals surface area contributed by atoms with Gasteiger partial charge >= 0.3 is 0 Å². The van der Waals surface area contributed by atoms with Gasteiger partial charge in [0.05, 0.1) is 0 Å². The average molecular weight is 272 g/mol. The van der Waals surface area contributed by atoms with Crippen molar-refractivity contribution in [2.75, 3.05) is 0 Å². The monoisotopic (exact) mass is 272 g/mol. The molecule has 0 aromatic carbocycles. The van der Waals surface area contributed by atoms with Crippen LogP contribution in [0.15, 0.2) is 12.3 Å². The summed E-state index contributed by atoms with van der Waals surface area (Å²) in [7, 11) is 0. The quantitative estimate of drug-likeness (QED) is 0.832. The third kappa shape index (κ3) is 3.12. The van der Waals surface area contributed by atoms with Crippen molar-refractivity contribution in [2.24, 2.45) is 17.8 Å². The zero-order valence-electron chi connectivity index (χ0n) is 12.9. The molecule has 0 radical (unpaired) electrons. The van der Waals surface area contributed by atoms with E-state index in [0.29, 0.717) is 29.2 Å². The molecule has 0 saturated heterocycles. The first-order chi connectivity index (χ1) is 9.52. The minimum absolute atomic E-state index is 0.181. The topological polar surface area (TPSA) is 45.9 Å². The third-order valence-electron chi connectivity index (χ3n) is 4.46. The van der Waals surface area contributed by atoms with Gasteiger partial charge in [0.25, 0.3) is 0 Å². The lowest BCUT2D eigenvalue weighted by Crippen LogP contribution is -2.36. The molecule has 0 spiro atoms. The van der Waals surface area contributed by atoms with Crippen LogP contribution in [-0.4, -0.2) is 11.1 Å². The Morgan fingerprint density at radius 3 is 2.80 bits per heavy atom. The van der Waals surface area contributed by atoms with E-state index in [0.717, 1.165) is 12.0 Å². The van der Waals surface area contributed by atoms with E-state index in [1.54, 1.807) is 6.20 Å². The summed E-state index contributed by atoms with van der Waals surface area (Å²) in [6.07, 6.45) is 5.44. The lowest BCUT2D eigenvalue weighted by molar-refractivity contribution is 0.0424. The van der Waals surface area contributed by atoms with Crippen molar-refractivity contribution >= 4 is 0 Å². The molecular weight excluding hydrogens is 248 g/mol. The van der Waals surface area contributed by atoms with Crippen molar-refractivity contribution in [1.29, 1.82) is 5.26 Å². The van der Waals surface area contributed by atoms with Crippen LogP contribution in [0.1, 0.15) is 51.2 Å². The molecule has 20 heavy (non-hydrogen) atoms. The van der Waals surface area contributed by atoms with E-state index in [4.69, 9.17) is 4.74 Å². The molecule has 1 aliphatic carbocycles. The molecule has 0 bridgehead atoms. The Labute approximate surface area is 122 Å². The van der Waals surface area contributed by atoms with Crippen LogP contribution >= 0.6 is 0 Å². The van der Waals surface area contributed by atoms with Crippen molar-refractivity contribution in [2.45, 2.75) is 53.1 Å². The van der Waals surface area contributed by atoms with E-state index in [2.05, 4.69) is 31.8 Å². The predicted octanol–water partition coefficient (Wildman–Crippen LogP) is 4.10. The van der Waals surface area contributed by atoms with Gasteiger partial charge in [0.1, 0.15) is 17.7 Å². The fourth-order valence-electron chi connectivity index (χ4n) is 3.15. The van der Waals surface area contributed by atoms with E-state index < -0.39 is 0 Å². The number of hydrogen-bond donors (Lipinski definition) is 0. The largest absolute Gasteiger partial charge is 0.473 e. The lowest BCUT2D eigenvalue weighted by Gasteiger charge is -2.37. The molecule has 0 aliphatic heterocycles. The number of aromatic nitrogens is 1. The Morgan fingerprint density at radius 1 is 1.40 bits per heavy atom. The summed E-state index contributed by atoms with van der Waals surface area (Å²) in [5.41, 5.74) is 1.51. The van der Waals surface area contributed by atoms with Crippen LogP contribution in [0.3, 0.4) is 0 Å². The lowest BCUT2D eigenvalue weighted by atomic mass is 9.75. The third-order valence-corrected chi connectivity index (χ3v) is 4.46. The molecule has 1 aromatic heterocycles. The number of nitrogens with zero attached hydrogens (tertiary/aromatic N) is 2. The molecule has 0 amide bonds. The normalized spacial score (nSPS) is 26.3. The fraction of sp³-hybridized carbons (Fsp3) is 0.647. The number of hydrogen-bond acceptors (Lipinski definition) is 3. The molecule has 3 atom stereocenters. The second-order valence-electron chi connectivity index (χ2n) is 6.40. The highest BCUT2D eigenvalue weighted by Crippen LogP contribution is 2.36. The first-order valence-electron chi connectivity index (χ1n) is 7.55. The summed E-state index contributed by atoms with van der Waals surface area (Å²) in [6.45, 7) is 8.72. The molecule has 1 fully saturated rings. The number of rotatable bonds is 3. The zero-order chi connectivity index (χ0) is 14.7. The van der Waals surface area contributed by atoms with Gasteiger partial charge in [-0.05, 0) is 49.1 Å². The predicted molar refractivity (Wildman–Crippen MR) is 79.4 cm³/mol. The standard InChI is InChI=1S/C17H24N2O/c1-11(2)14-6-5-12(3)9-16(14)20-17-15(10-18)13(4)7-8-19-17/h7-8,11-12,14,16H,5-6,9H2,1-4H3. The Bertz CT molecular complexity index is 504. The van der Waals surface area contributed by atoms with Crippen molar-refractivity contribution in [3.8, 4) is 11.9 Å². The van der Waals surface area contributed by atoms with Gasteiger partial charge in [-0.15, -0.1) is 0 Å². The molecule has 108 valence electrons. The minimum atomic E-state index is 0.181. The molecule has 3 heteroatoms. The first-order valence-corrected chi connectivity index (χ1v) is 7.55. The van der Waals surface area contributed by atoms with Crippen LogP contribution in [0.4, 0.5) is 0 Å². The van der Waals surface area contributed by atoms with E-state index in [1.165, 1.54) is 12.8 Å². The maximum atomic E-state index is 9.29. The summed E-state index contributed by atoms with van der Waals surface area (Å²) < 4.78 is 6.17. The maximum Gasteiger partial charge on any atom is 0.232 e. The van der Waals surface area contributed by atoms with E-state index in [9.17, 15) is 5.26 Å². The van der Waals surface area contributed by atoms with Crippen molar-refractivity contribution < 1.29 is 4.74 Å². The van der Waals surface area contributed by atoms with Gasteiger partial charge < -0.3 is 4.74 Å². The average Bonchev–Trinajstić information content (AvgIpc) is 2.38. The number of pyridine rings is 1. The van der Waals surface area contributed by atoms with Gasteiger partial charge in [-0.25, -0.2) is 4.98 Å². The zero-order valence-corrected chi connectivity index (χ0v) is 12.9. The highest BCUT2D eigenvalue weighted by molar-refractivity contribution is 5.43. The molecule has 1 aromatic rings. The first kappa shape index (κ1) is 14.8. The van der Waals surface area contributed by atoms with Gasteiger partial charge in [-0.3, -0.25) is 0 Å². The second kappa shape index (κ2) is 6.26. The maximum absolute atomic E-state index is 9.29. The van der Waals surface area contributed by atoms with Crippen molar-refractivity contribution in [3.05, 3.63) is 23.4 Å². The summed E-state index contributed by atoms with van der Waals surface area (Å²) in [5.74, 6) is 2.35. The SMILES string of the molecule is Cc1ccnc(OC2CC(C)CCC2C(C)C)c1C#N. The summed E-state index contributed by atoms with van der Waals surface area (Å²) in [5, 5.41) is 9.29. The van der Waals surface area contributed by atoms with Crippen molar-refractivity contribution in [1.82, 2.24) is 4.98 Å². The summed E-state index contributed by atoms with van der Waals surface area (Å²) in [6, 6.07) is 4.08. The van der Waals surface area contributed by atoms with E-state index in [-0.39, 0.29) is 6.10 Å². The van der Waals surface area contributed by atoms with Crippen LogP contribution in [0.2, 0.25) is 0 Å². The summed E-state index contributed by atoms with van der Waals surface area (Å²) in [4.78, 5) is 4.28.